The number of ether oxygens (including phenoxy) is 2. The van der Waals surface area contributed by atoms with E-state index in [2.05, 4.69) is 5.32 Å². The Bertz CT molecular complexity index is 1000. The minimum atomic E-state index is -0.944. The molecule has 1 amide bonds. The van der Waals surface area contributed by atoms with Gasteiger partial charge in [0.2, 0.25) is 5.76 Å². The van der Waals surface area contributed by atoms with Crippen LogP contribution in [-0.4, -0.2) is 25.1 Å². The number of carbonyl (C=O) groups is 2. The molecular weight excluding hydrogens is 358 g/mol. The van der Waals surface area contributed by atoms with Crippen LogP contribution in [0.2, 0.25) is 0 Å². The van der Waals surface area contributed by atoms with Crippen LogP contribution in [0.3, 0.4) is 0 Å². The molecule has 0 aliphatic carbocycles. The van der Waals surface area contributed by atoms with E-state index in [-0.39, 0.29) is 11.7 Å². The van der Waals surface area contributed by atoms with Gasteiger partial charge in [-0.3, -0.25) is 4.79 Å². The molecule has 3 aromatic rings. The Hall–Kier alpha value is -3.28. The number of hydrogen-bond donors (Lipinski definition) is 1. The predicted molar refractivity (Wildman–Crippen MR) is 105 cm³/mol. The monoisotopic (exact) mass is 381 g/mol. The van der Waals surface area contributed by atoms with Crippen LogP contribution in [0.5, 0.6) is 5.75 Å². The van der Waals surface area contributed by atoms with Gasteiger partial charge in [0.1, 0.15) is 11.3 Å². The number of hydrogen-bond acceptors (Lipinski definition) is 5. The van der Waals surface area contributed by atoms with Crippen molar-refractivity contribution in [1.29, 1.82) is 0 Å². The maximum absolute atomic E-state index is 12.5. The summed E-state index contributed by atoms with van der Waals surface area (Å²) in [6.07, 6.45) is -0.944. The molecule has 6 nitrogen and oxygen atoms in total. The Balaban J connectivity index is 1.64. The van der Waals surface area contributed by atoms with Crippen LogP contribution in [0.4, 0.5) is 0 Å². The molecule has 1 heterocycles. The lowest BCUT2D eigenvalue weighted by Crippen LogP contribution is -2.35. The number of methoxy groups -OCH3 is 1. The number of amides is 1. The molecule has 146 valence electrons. The van der Waals surface area contributed by atoms with Crippen molar-refractivity contribution >= 4 is 22.8 Å². The highest BCUT2D eigenvalue weighted by molar-refractivity contribution is 5.97. The van der Waals surface area contributed by atoms with Crippen molar-refractivity contribution < 1.29 is 23.5 Å². The number of esters is 1. The van der Waals surface area contributed by atoms with E-state index in [0.29, 0.717) is 23.4 Å². The summed E-state index contributed by atoms with van der Waals surface area (Å²) in [5.74, 6) is -0.295. The summed E-state index contributed by atoms with van der Waals surface area (Å²) in [7, 11) is 1.57. The summed E-state index contributed by atoms with van der Waals surface area (Å²) in [5, 5.41) is 3.53. The maximum Gasteiger partial charge on any atom is 0.375 e. The Morgan fingerprint density at radius 3 is 2.50 bits per heavy atom. The summed E-state index contributed by atoms with van der Waals surface area (Å²) in [4.78, 5) is 24.7. The van der Waals surface area contributed by atoms with Crippen molar-refractivity contribution in [3.63, 3.8) is 0 Å². The fourth-order valence-corrected chi connectivity index (χ4v) is 2.83. The summed E-state index contributed by atoms with van der Waals surface area (Å²) in [6, 6.07) is 13.1. The summed E-state index contributed by atoms with van der Waals surface area (Å²) < 4.78 is 16.1. The highest BCUT2D eigenvalue weighted by Crippen LogP contribution is 2.29. The molecule has 1 atom stereocenters. The third kappa shape index (κ3) is 4.17. The predicted octanol–water partition coefficient (Wildman–Crippen LogP) is 3.92. The molecule has 0 saturated carbocycles. The third-order valence-electron chi connectivity index (χ3n) is 4.57. The first-order chi connectivity index (χ1) is 13.4. The van der Waals surface area contributed by atoms with E-state index in [1.807, 2.05) is 31.2 Å². The van der Waals surface area contributed by atoms with Gasteiger partial charge in [-0.2, -0.15) is 0 Å². The zero-order chi connectivity index (χ0) is 20.3. The molecule has 0 spiro atoms. The van der Waals surface area contributed by atoms with Crippen LogP contribution in [0.1, 0.15) is 34.2 Å². The van der Waals surface area contributed by atoms with Crippen molar-refractivity contribution in [1.82, 2.24) is 5.32 Å². The molecule has 0 aliphatic rings. The third-order valence-corrected chi connectivity index (χ3v) is 4.57. The highest BCUT2D eigenvalue weighted by atomic mass is 16.6. The molecule has 0 aliphatic heterocycles. The molecule has 0 bridgehead atoms. The molecule has 0 saturated heterocycles. The van der Waals surface area contributed by atoms with Crippen LogP contribution in [-0.2, 0) is 16.1 Å². The van der Waals surface area contributed by atoms with E-state index < -0.39 is 12.1 Å². The summed E-state index contributed by atoms with van der Waals surface area (Å²) in [5.41, 5.74) is 3.32. The SMILES string of the molecule is COc1ccc2oc(C(=O)O[C@H](C)C(=O)NCc3ccc(C)cc3)c(C)c2c1. The average molecular weight is 381 g/mol. The molecule has 1 N–H and O–H groups in total. The lowest BCUT2D eigenvalue weighted by molar-refractivity contribution is -0.129. The lowest BCUT2D eigenvalue weighted by Gasteiger charge is -2.13. The quantitative estimate of drug-likeness (QED) is 0.655. The van der Waals surface area contributed by atoms with Gasteiger partial charge in [0.05, 0.1) is 7.11 Å². The van der Waals surface area contributed by atoms with Gasteiger partial charge in [-0.25, -0.2) is 4.79 Å². The minimum absolute atomic E-state index is 0.0847. The van der Waals surface area contributed by atoms with E-state index in [9.17, 15) is 9.59 Å². The number of nitrogens with one attached hydrogen (secondary N) is 1. The molecular formula is C22H23NO5. The fourth-order valence-electron chi connectivity index (χ4n) is 2.83. The average Bonchev–Trinajstić information content (AvgIpc) is 3.03. The van der Waals surface area contributed by atoms with Gasteiger partial charge in [0.15, 0.2) is 6.10 Å². The molecule has 3 rings (SSSR count). The van der Waals surface area contributed by atoms with Gasteiger partial charge in [-0.1, -0.05) is 29.8 Å². The number of aryl methyl sites for hydroxylation is 2. The Labute approximate surface area is 163 Å². The van der Waals surface area contributed by atoms with Gasteiger partial charge in [-0.05, 0) is 44.5 Å². The van der Waals surface area contributed by atoms with Crippen molar-refractivity contribution in [3.05, 3.63) is 64.9 Å². The van der Waals surface area contributed by atoms with Gasteiger partial charge < -0.3 is 19.2 Å². The van der Waals surface area contributed by atoms with E-state index in [1.165, 1.54) is 6.92 Å². The number of carbonyl (C=O) groups excluding carboxylic acids is 2. The largest absolute Gasteiger partial charge is 0.497 e. The standard InChI is InChI=1S/C22H23NO5/c1-13-5-7-16(8-6-13)12-23-21(24)15(3)27-22(25)20-14(2)18-11-17(26-4)9-10-19(18)28-20/h5-11,15H,12H2,1-4H3,(H,23,24)/t15-/m1/s1. The number of fused-ring (bicyclic) bond motifs is 1. The minimum Gasteiger partial charge on any atom is -0.497 e. The smallest absolute Gasteiger partial charge is 0.375 e. The molecule has 0 fully saturated rings. The van der Waals surface area contributed by atoms with E-state index in [1.54, 1.807) is 32.2 Å². The van der Waals surface area contributed by atoms with Crippen molar-refractivity contribution in [2.75, 3.05) is 7.11 Å². The first-order valence-electron chi connectivity index (χ1n) is 9.00. The number of rotatable bonds is 6. The van der Waals surface area contributed by atoms with Crippen LogP contribution in [0, 0.1) is 13.8 Å². The van der Waals surface area contributed by atoms with Gasteiger partial charge >= 0.3 is 5.97 Å². The van der Waals surface area contributed by atoms with Crippen molar-refractivity contribution in [2.45, 2.75) is 33.4 Å². The van der Waals surface area contributed by atoms with E-state index in [4.69, 9.17) is 13.9 Å². The van der Waals surface area contributed by atoms with E-state index in [0.717, 1.165) is 16.5 Å². The zero-order valence-electron chi connectivity index (χ0n) is 16.4. The molecule has 1 aromatic heterocycles. The highest BCUT2D eigenvalue weighted by Gasteiger charge is 2.24. The van der Waals surface area contributed by atoms with Crippen molar-refractivity contribution in [3.8, 4) is 5.75 Å². The van der Waals surface area contributed by atoms with Gasteiger partial charge in [0, 0.05) is 17.5 Å². The van der Waals surface area contributed by atoms with Crippen molar-refractivity contribution in [2.24, 2.45) is 0 Å². The second kappa shape index (κ2) is 8.17. The van der Waals surface area contributed by atoms with Crippen LogP contribution in [0.15, 0.2) is 46.9 Å². The van der Waals surface area contributed by atoms with Gasteiger partial charge in [-0.15, -0.1) is 0 Å². The first kappa shape index (κ1) is 19.5. The second-order valence-electron chi connectivity index (χ2n) is 6.67. The number of benzene rings is 2. The molecule has 6 heteroatoms. The molecule has 2 aromatic carbocycles. The van der Waals surface area contributed by atoms with Crippen LogP contribution >= 0.6 is 0 Å². The first-order valence-corrected chi connectivity index (χ1v) is 9.00. The van der Waals surface area contributed by atoms with Crippen LogP contribution < -0.4 is 10.1 Å². The Morgan fingerprint density at radius 1 is 1.11 bits per heavy atom. The number of furan rings is 1. The Kier molecular flexibility index (Phi) is 5.68. The fraction of sp³-hybridized carbons (Fsp3) is 0.273. The van der Waals surface area contributed by atoms with Crippen LogP contribution in [0.25, 0.3) is 11.0 Å². The normalized spacial score (nSPS) is 11.9. The molecule has 28 heavy (non-hydrogen) atoms. The maximum atomic E-state index is 12.5. The Morgan fingerprint density at radius 2 is 1.82 bits per heavy atom. The second-order valence-corrected chi connectivity index (χ2v) is 6.67. The van der Waals surface area contributed by atoms with Gasteiger partial charge in [0.25, 0.3) is 5.91 Å². The summed E-state index contributed by atoms with van der Waals surface area (Å²) >= 11 is 0. The lowest BCUT2D eigenvalue weighted by atomic mass is 10.1. The molecule has 0 unspecified atom stereocenters. The molecule has 0 radical (unpaired) electrons. The van der Waals surface area contributed by atoms with E-state index >= 15 is 0 Å². The topological polar surface area (TPSA) is 77.8 Å². The summed E-state index contributed by atoms with van der Waals surface area (Å²) in [6.45, 7) is 5.66. The zero-order valence-corrected chi connectivity index (χ0v) is 16.4.